The van der Waals surface area contributed by atoms with Crippen molar-refractivity contribution in [2.45, 2.75) is 69.0 Å². The molecule has 33 heavy (non-hydrogen) atoms. The molecular formula is C25H33ClF4O3. The minimum Gasteiger partial charge on any atom is -0.384 e. The third kappa shape index (κ3) is 6.03. The van der Waals surface area contributed by atoms with E-state index in [0.29, 0.717) is 49.1 Å². The van der Waals surface area contributed by atoms with E-state index in [0.717, 1.165) is 63.5 Å². The quantitative estimate of drug-likeness (QED) is 0.317. The Hall–Kier alpha value is -0.890. The van der Waals surface area contributed by atoms with Gasteiger partial charge in [0.15, 0.2) is 6.29 Å². The van der Waals surface area contributed by atoms with Crippen molar-refractivity contribution in [1.29, 1.82) is 0 Å². The maximum absolute atomic E-state index is 14.1. The summed E-state index contributed by atoms with van der Waals surface area (Å²) < 4.78 is 71.9. The Bertz CT molecular complexity index is 755. The van der Waals surface area contributed by atoms with Gasteiger partial charge in [-0.1, -0.05) is 0 Å². The first-order chi connectivity index (χ1) is 15.8. The van der Waals surface area contributed by atoms with Gasteiger partial charge in [-0.05, 0) is 98.4 Å². The van der Waals surface area contributed by atoms with Crippen LogP contribution in [0, 0.1) is 35.3 Å². The molecule has 0 unspecified atom stereocenters. The van der Waals surface area contributed by atoms with Crippen molar-refractivity contribution < 1.29 is 31.8 Å². The molecule has 3 fully saturated rings. The van der Waals surface area contributed by atoms with Gasteiger partial charge in [0.1, 0.15) is 17.2 Å². The van der Waals surface area contributed by atoms with E-state index in [1.807, 2.05) is 0 Å². The lowest BCUT2D eigenvalue weighted by Crippen LogP contribution is -2.40. The molecule has 0 spiro atoms. The summed E-state index contributed by atoms with van der Waals surface area (Å²) in [7, 11) is 1.69. The molecule has 1 aromatic rings. The average molecular weight is 493 g/mol. The summed E-state index contributed by atoms with van der Waals surface area (Å²) in [6, 6.07) is 2.07. The first kappa shape index (κ1) is 25.2. The van der Waals surface area contributed by atoms with Gasteiger partial charge < -0.3 is 14.2 Å². The predicted octanol–water partition coefficient (Wildman–Crippen LogP) is 6.97. The Morgan fingerprint density at radius 1 is 0.879 bits per heavy atom. The Kier molecular flexibility index (Phi) is 8.25. The maximum atomic E-state index is 14.1. The van der Waals surface area contributed by atoms with E-state index in [-0.39, 0.29) is 12.2 Å². The Morgan fingerprint density at radius 3 is 1.85 bits per heavy atom. The highest BCUT2D eigenvalue weighted by molar-refractivity contribution is 6.21. The Morgan fingerprint density at radius 2 is 1.36 bits per heavy atom. The van der Waals surface area contributed by atoms with Crippen LogP contribution in [-0.2, 0) is 19.6 Å². The van der Waals surface area contributed by atoms with E-state index in [4.69, 9.17) is 25.8 Å². The second-order valence-corrected chi connectivity index (χ2v) is 10.5. The average Bonchev–Trinajstić information content (AvgIpc) is 2.79. The molecule has 1 saturated heterocycles. The molecule has 0 atom stereocenters. The fraction of sp³-hybridized carbons (Fsp3) is 0.760. The van der Waals surface area contributed by atoms with Crippen molar-refractivity contribution in [1.82, 2.24) is 0 Å². The zero-order valence-corrected chi connectivity index (χ0v) is 19.8. The van der Waals surface area contributed by atoms with Gasteiger partial charge in [0.2, 0.25) is 0 Å². The lowest BCUT2D eigenvalue weighted by Gasteiger charge is -2.41. The summed E-state index contributed by atoms with van der Waals surface area (Å²) in [4.78, 5) is 0. The van der Waals surface area contributed by atoms with Gasteiger partial charge in [-0.3, -0.25) is 0 Å². The first-order valence-electron chi connectivity index (χ1n) is 12.0. The molecule has 4 rings (SSSR count). The third-order valence-electron chi connectivity index (χ3n) is 7.85. The van der Waals surface area contributed by atoms with Crippen molar-refractivity contribution in [2.75, 3.05) is 26.9 Å². The van der Waals surface area contributed by atoms with Crippen LogP contribution in [0.2, 0.25) is 0 Å². The molecule has 1 aromatic carbocycles. The minimum atomic E-state index is -4.05. The van der Waals surface area contributed by atoms with Crippen LogP contribution in [0.1, 0.15) is 68.4 Å². The second kappa shape index (κ2) is 10.8. The molecular weight excluding hydrogens is 460 g/mol. The number of methoxy groups -OCH3 is 1. The monoisotopic (exact) mass is 492 g/mol. The maximum Gasteiger partial charge on any atom is 0.353 e. The van der Waals surface area contributed by atoms with Gasteiger partial charge in [-0.2, -0.15) is 8.78 Å². The van der Waals surface area contributed by atoms with E-state index in [2.05, 4.69) is 0 Å². The molecule has 0 N–H and O–H groups in total. The van der Waals surface area contributed by atoms with Gasteiger partial charge in [-0.15, -0.1) is 0 Å². The molecule has 3 aliphatic rings. The number of rotatable bonds is 6. The van der Waals surface area contributed by atoms with E-state index in [1.165, 1.54) is 0 Å². The molecule has 0 bridgehead atoms. The first-order valence-corrected chi connectivity index (χ1v) is 12.4. The van der Waals surface area contributed by atoms with Gasteiger partial charge in [-0.25, -0.2) is 8.78 Å². The fourth-order valence-corrected chi connectivity index (χ4v) is 6.25. The fourth-order valence-electron chi connectivity index (χ4n) is 6.07. The summed E-state index contributed by atoms with van der Waals surface area (Å²) >= 11 is 4.86. The van der Waals surface area contributed by atoms with Gasteiger partial charge >= 0.3 is 5.38 Å². The summed E-state index contributed by atoms with van der Waals surface area (Å²) in [6.07, 6.45) is 7.98. The van der Waals surface area contributed by atoms with Crippen LogP contribution < -0.4 is 0 Å². The van der Waals surface area contributed by atoms with Crippen LogP contribution in [0.3, 0.4) is 0 Å². The largest absolute Gasteiger partial charge is 0.384 e. The van der Waals surface area contributed by atoms with Crippen LogP contribution in [0.5, 0.6) is 0 Å². The number of alkyl halides is 3. The smallest absolute Gasteiger partial charge is 0.353 e. The van der Waals surface area contributed by atoms with Crippen LogP contribution in [-0.4, -0.2) is 33.2 Å². The molecule has 8 heteroatoms. The van der Waals surface area contributed by atoms with Gasteiger partial charge in [0.25, 0.3) is 0 Å². The summed E-state index contributed by atoms with van der Waals surface area (Å²) in [6.45, 7) is 2.03. The van der Waals surface area contributed by atoms with Crippen LogP contribution in [0.15, 0.2) is 12.1 Å². The molecule has 1 heterocycles. The number of hydrogen-bond acceptors (Lipinski definition) is 3. The zero-order chi connectivity index (χ0) is 23.6. The molecule has 2 aliphatic carbocycles. The molecule has 1 aliphatic heterocycles. The number of benzene rings is 1. The molecule has 0 amide bonds. The van der Waals surface area contributed by atoms with Crippen LogP contribution in [0.25, 0.3) is 0 Å². The summed E-state index contributed by atoms with van der Waals surface area (Å²) in [5, 5.41) is -4.05. The lowest BCUT2D eigenvalue weighted by atomic mass is 9.68. The Labute approximate surface area is 198 Å². The van der Waals surface area contributed by atoms with E-state index in [1.54, 1.807) is 7.11 Å². The molecule has 186 valence electrons. The van der Waals surface area contributed by atoms with Gasteiger partial charge in [0.05, 0.1) is 19.8 Å². The van der Waals surface area contributed by atoms with Crippen molar-refractivity contribution in [3.63, 3.8) is 0 Å². The highest BCUT2D eigenvalue weighted by Gasteiger charge is 2.38. The standard InChI is InChI=1S/C25H33ClF4O3/c1-31-12-15-13-32-24(33-14-15)19-8-6-17(7-9-19)16-2-4-18(5-3-16)20-10-21(27)23(22(28)11-20)25(26,29)30/h10-11,15-19,24H,2-9,12-14H2,1H3. The number of ether oxygens (including phenoxy) is 3. The van der Waals surface area contributed by atoms with E-state index < -0.39 is 22.6 Å². The molecule has 2 saturated carbocycles. The van der Waals surface area contributed by atoms with Crippen molar-refractivity contribution in [3.8, 4) is 0 Å². The topological polar surface area (TPSA) is 27.7 Å². The summed E-state index contributed by atoms with van der Waals surface area (Å²) in [5.41, 5.74) is -0.909. The van der Waals surface area contributed by atoms with E-state index >= 15 is 0 Å². The third-order valence-corrected chi connectivity index (χ3v) is 8.04. The van der Waals surface area contributed by atoms with E-state index in [9.17, 15) is 17.6 Å². The number of halogens is 5. The highest BCUT2D eigenvalue weighted by Crippen LogP contribution is 2.46. The van der Waals surface area contributed by atoms with Crippen molar-refractivity contribution in [2.24, 2.45) is 23.7 Å². The lowest BCUT2D eigenvalue weighted by molar-refractivity contribution is -0.234. The van der Waals surface area contributed by atoms with Crippen molar-refractivity contribution >= 4 is 11.6 Å². The normalized spacial score (nSPS) is 33.8. The van der Waals surface area contributed by atoms with Gasteiger partial charge in [0, 0.05) is 18.9 Å². The summed E-state index contributed by atoms with van der Waals surface area (Å²) in [5.74, 6) is -0.561. The highest BCUT2D eigenvalue weighted by atomic mass is 35.5. The Balaban J connectivity index is 1.25. The molecule has 0 aromatic heterocycles. The van der Waals surface area contributed by atoms with Crippen molar-refractivity contribution in [3.05, 3.63) is 34.9 Å². The second-order valence-electron chi connectivity index (χ2n) is 10.0. The molecule has 0 radical (unpaired) electrons. The minimum absolute atomic E-state index is 0.0105. The zero-order valence-electron chi connectivity index (χ0n) is 19.0. The molecule has 3 nitrogen and oxygen atoms in total. The van der Waals surface area contributed by atoms with Crippen LogP contribution in [0.4, 0.5) is 17.6 Å². The number of hydrogen-bond donors (Lipinski definition) is 0. The van der Waals surface area contributed by atoms with Crippen LogP contribution >= 0.6 is 11.6 Å². The SMILES string of the molecule is COCC1COC(C2CCC(C3CCC(c4cc(F)c(C(F)(F)Cl)c(F)c4)CC3)CC2)OC1. The predicted molar refractivity (Wildman–Crippen MR) is 117 cm³/mol.